The molecule has 1 nitrogen and oxygen atoms in total. The third kappa shape index (κ3) is 7.84. The van der Waals surface area contributed by atoms with Crippen molar-refractivity contribution in [3.8, 4) is 11.5 Å². The van der Waals surface area contributed by atoms with Crippen molar-refractivity contribution in [2.24, 2.45) is 0 Å². The van der Waals surface area contributed by atoms with Gasteiger partial charge in [-0.1, -0.05) is 90.7 Å². The van der Waals surface area contributed by atoms with Crippen LogP contribution in [0.2, 0.25) is 18.1 Å². The Morgan fingerprint density at radius 3 is 2.50 bits per heavy atom. The van der Waals surface area contributed by atoms with Crippen molar-refractivity contribution < 1.29 is 4.74 Å². The van der Waals surface area contributed by atoms with Crippen molar-refractivity contribution in [2.45, 2.75) is 93.9 Å². The van der Waals surface area contributed by atoms with E-state index >= 15 is 0 Å². The second-order valence-electron chi connectivity index (χ2n) is 8.50. The van der Waals surface area contributed by atoms with Crippen LogP contribution in [-0.4, -0.2) is 30.5 Å². The average Bonchev–Trinajstić information content (AvgIpc) is 2.53. The molecule has 0 saturated carbocycles. The summed E-state index contributed by atoms with van der Waals surface area (Å²) in [7, 11) is -1.54. The number of hydrogen-bond acceptors (Lipinski definition) is 1. The van der Waals surface area contributed by atoms with Gasteiger partial charge in [-0.3, -0.25) is 0 Å². The Balaban J connectivity index is 2.63. The molecule has 1 fully saturated rings. The molecule has 26 heavy (non-hydrogen) atoms. The Morgan fingerprint density at radius 2 is 1.92 bits per heavy atom. The Kier molecular flexibility index (Phi) is 10.2. The molecule has 0 aromatic heterocycles. The Hall–Kier alpha value is 0.467. The zero-order valence-corrected chi connectivity index (χ0v) is 21.8. The molecule has 1 aliphatic heterocycles. The van der Waals surface area contributed by atoms with Gasteiger partial charge in [0.15, 0.2) is 0 Å². The van der Waals surface area contributed by atoms with Gasteiger partial charge in [-0.2, -0.15) is 0 Å². The standard InChI is InChI=1S/C21H33Br2ClOSi/c1-7-16(22)12-13-19-17(23)15-18(24)20(25-19)11-9-8-10-14-26(5,6)21(2,3)4/h8-9,12,17-20H,7,11,13,15H2,1-6H3/b9-8-,16-12-/t17-,18+,19-,20+/m1/s1. The lowest BCUT2D eigenvalue weighted by molar-refractivity contribution is -0.0370. The van der Waals surface area contributed by atoms with Crippen molar-refractivity contribution in [3.63, 3.8) is 0 Å². The summed E-state index contributed by atoms with van der Waals surface area (Å²) in [6.07, 6.45) is 10.2. The third-order valence-corrected chi connectivity index (χ3v) is 12.2. The molecule has 1 saturated heterocycles. The minimum Gasteiger partial charge on any atom is -0.372 e. The number of hydrogen-bond donors (Lipinski definition) is 0. The average molecular weight is 525 g/mol. The topological polar surface area (TPSA) is 9.23 Å². The molecule has 1 rings (SSSR count). The Morgan fingerprint density at radius 1 is 1.27 bits per heavy atom. The first-order valence-electron chi connectivity index (χ1n) is 9.43. The first kappa shape index (κ1) is 24.5. The number of ether oxygens (including phenoxy) is 1. The number of halogens is 3. The van der Waals surface area contributed by atoms with Crippen LogP contribution >= 0.6 is 43.5 Å². The van der Waals surface area contributed by atoms with Crippen LogP contribution in [0.3, 0.4) is 0 Å². The van der Waals surface area contributed by atoms with Crippen molar-refractivity contribution in [2.75, 3.05) is 0 Å². The lowest BCUT2D eigenvalue weighted by atomic mass is 9.99. The zero-order chi connectivity index (χ0) is 20.0. The molecule has 0 unspecified atom stereocenters. The summed E-state index contributed by atoms with van der Waals surface area (Å²) in [4.78, 5) is 0.303. The minimum atomic E-state index is -1.54. The maximum Gasteiger partial charge on any atom is 0.138 e. The number of rotatable bonds is 5. The molecule has 4 atom stereocenters. The maximum absolute atomic E-state index is 6.54. The molecule has 1 aliphatic rings. The highest BCUT2D eigenvalue weighted by Crippen LogP contribution is 2.35. The van der Waals surface area contributed by atoms with Crippen molar-refractivity contribution in [3.05, 3.63) is 22.7 Å². The minimum absolute atomic E-state index is 0.0345. The molecule has 0 aromatic rings. The predicted molar refractivity (Wildman–Crippen MR) is 126 cm³/mol. The predicted octanol–water partition coefficient (Wildman–Crippen LogP) is 7.59. The maximum atomic E-state index is 6.54. The third-order valence-electron chi connectivity index (χ3n) is 5.35. The molecular formula is C21H33Br2ClOSi. The Bertz CT molecular complexity index is 569. The molecule has 0 spiro atoms. The van der Waals surface area contributed by atoms with Gasteiger partial charge in [-0.15, -0.1) is 17.1 Å². The fourth-order valence-corrected chi connectivity index (χ4v) is 4.70. The van der Waals surface area contributed by atoms with Gasteiger partial charge in [0.25, 0.3) is 0 Å². The van der Waals surface area contributed by atoms with Gasteiger partial charge in [0, 0.05) is 4.83 Å². The van der Waals surface area contributed by atoms with Crippen LogP contribution in [0.25, 0.3) is 0 Å². The van der Waals surface area contributed by atoms with E-state index in [1.807, 2.05) is 6.08 Å². The first-order valence-corrected chi connectivity index (χ1v) is 14.6. The summed E-state index contributed by atoms with van der Waals surface area (Å²) in [5.74, 6) is 3.26. The summed E-state index contributed by atoms with van der Waals surface area (Å²) in [6.45, 7) is 13.7. The van der Waals surface area contributed by atoms with Crippen LogP contribution < -0.4 is 0 Å². The van der Waals surface area contributed by atoms with Gasteiger partial charge in [-0.25, -0.2) is 0 Å². The van der Waals surface area contributed by atoms with Crippen molar-refractivity contribution in [1.29, 1.82) is 0 Å². The molecular weight excluding hydrogens is 492 g/mol. The lowest BCUT2D eigenvalue weighted by Crippen LogP contribution is -2.42. The van der Waals surface area contributed by atoms with E-state index in [4.69, 9.17) is 16.3 Å². The Labute approximate surface area is 183 Å². The van der Waals surface area contributed by atoms with Crippen LogP contribution in [0, 0.1) is 11.5 Å². The fraction of sp³-hybridized carbons (Fsp3) is 0.714. The highest BCUT2D eigenvalue weighted by Gasteiger charge is 2.35. The van der Waals surface area contributed by atoms with E-state index in [1.165, 1.54) is 4.48 Å². The molecule has 5 heteroatoms. The van der Waals surface area contributed by atoms with Crippen molar-refractivity contribution >= 4 is 51.5 Å². The van der Waals surface area contributed by atoms with E-state index in [0.29, 0.717) is 9.87 Å². The highest BCUT2D eigenvalue weighted by atomic mass is 79.9. The van der Waals surface area contributed by atoms with Crippen LogP contribution in [0.1, 0.15) is 53.4 Å². The summed E-state index contributed by atoms with van der Waals surface area (Å²) in [5.41, 5.74) is 3.51. The van der Waals surface area contributed by atoms with Crippen LogP contribution in [-0.2, 0) is 4.74 Å². The quantitative estimate of drug-likeness (QED) is 0.204. The summed E-state index contributed by atoms with van der Waals surface area (Å²) in [5, 5.41) is 0.326. The van der Waals surface area contributed by atoms with E-state index in [2.05, 4.69) is 96.3 Å². The van der Waals surface area contributed by atoms with E-state index < -0.39 is 8.07 Å². The van der Waals surface area contributed by atoms with Gasteiger partial charge >= 0.3 is 0 Å². The SMILES string of the molecule is CC/C(Br)=C/C[C@H]1O[C@@H](C/C=C\C#C[Si](C)(C)C(C)(C)C)[C@@H](Cl)C[C@H]1Br. The van der Waals surface area contributed by atoms with Crippen LogP contribution in [0.5, 0.6) is 0 Å². The summed E-state index contributed by atoms with van der Waals surface area (Å²) in [6, 6.07) is 0. The molecule has 0 radical (unpaired) electrons. The molecule has 0 aromatic carbocycles. The van der Waals surface area contributed by atoms with Gasteiger partial charge < -0.3 is 4.74 Å². The monoisotopic (exact) mass is 522 g/mol. The van der Waals surface area contributed by atoms with Gasteiger partial charge in [-0.05, 0) is 41.3 Å². The second kappa shape index (κ2) is 10.9. The summed E-state index contributed by atoms with van der Waals surface area (Å²) >= 11 is 13.9. The highest BCUT2D eigenvalue weighted by molar-refractivity contribution is 9.11. The van der Waals surface area contributed by atoms with Gasteiger partial charge in [0.1, 0.15) is 8.07 Å². The largest absolute Gasteiger partial charge is 0.372 e. The lowest BCUT2D eigenvalue weighted by Gasteiger charge is -2.36. The molecule has 0 N–H and O–H groups in total. The van der Waals surface area contributed by atoms with E-state index in [-0.39, 0.29) is 17.6 Å². The first-order chi connectivity index (χ1) is 12.0. The summed E-state index contributed by atoms with van der Waals surface area (Å²) < 4.78 is 7.50. The number of alkyl halides is 2. The number of allylic oxidation sites excluding steroid dienone is 2. The molecule has 148 valence electrons. The van der Waals surface area contributed by atoms with Crippen LogP contribution in [0.15, 0.2) is 22.7 Å². The smallest absolute Gasteiger partial charge is 0.138 e. The molecule has 0 amide bonds. The van der Waals surface area contributed by atoms with Crippen molar-refractivity contribution in [1.82, 2.24) is 0 Å². The van der Waals surface area contributed by atoms with E-state index in [0.717, 1.165) is 25.7 Å². The van der Waals surface area contributed by atoms with E-state index in [1.54, 1.807) is 0 Å². The normalized spacial score (nSPS) is 28.1. The molecule has 1 heterocycles. The fourth-order valence-electron chi connectivity index (χ4n) is 2.38. The van der Waals surface area contributed by atoms with Gasteiger partial charge in [0.05, 0.1) is 17.6 Å². The molecule has 0 bridgehead atoms. The second-order valence-corrected chi connectivity index (χ2v) is 16.3. The van der Waals surface area contributed by atoms with Gasteiger partial charge in [0.2, 0.25) is 0 Å². The molecule has 0 aliphatic carbocycles. The zero-order valence-electron chi connectivity index (χ0n) is 16.9. The van der Waals surface area contributed by atoms with E-state index in [9.17, 15) is 0 Å². The van der Waals surface area contributed by atoms with Crippen LogP contribution in [0.4, 0.5) is 0 Å².